The van der Waals surface area contributed by atoms with Crippen molar-refractivity contribution in [2.75, 3.05) is 38.2 Å². The molecule has 4 nitrogen and oxygen atoms in total. The first-order valence-electron chi connectivity index (χ1n) is 8.29. The van der Waals surface area contributed by atoms with Crippen molar-refractivity contribution < 1.29 is 9.64 Å². The first-order valence-corrected chi connectivity index (χ1v) is 9.58. The highest BCUT2D eigenvalue weighted by molar-refractivity contribution is 7.80. The minimum Gasteiger partial charge on any atom is -0.370 e. The van der Waals surface area contributed by atoms with Gasteiger partial charge in [-0.05, 0) is 48.3 Å². The fourth-order valence-electron chi connectivity index (χ4n) is 3.01. The topological polar surface area (TPSA) is 37.7 Å². The Kier molecular flexibility index (Phi) is 6.20. The van der Waals surface area contributed by atoms with E-state index in [-0.39, 0.29) is 0 Å². The molecule has 3 N–H and O–H groups in total. The lowest BCUT2D eigenvalue weighted by Gasteiger charge is -2.31. The molecule has 3 rings (SSSR count). The zero-order valence-corrected chi connectivity index (χ0v) is 15.5. The Balaban J connectivity index is 1.59. The predicted molar refractivity (Wildman–Crippen MR) is 104 cm³/mol. The summed E-state index contributed by atoms with van der Waals surface area (Å²) in [5.41, 5.74) is 2.25. The van der Waals surface area contributed by atoms with Gasteiger partial charge in [0.05, 0.1) is 24.6 Å². The van der Waals surface area contributed by atoms with E-state index in [1.165, 1.54) is 10.4 Å². The molecule has 1 saturated heterocycles. The number of benzene rings is 1. The molecule has 1 aromatic heterocycles. The van der Waals surface area contributed by atoms with Crippen LogP contribution in [-0.2, 0) is 4.74 Å². The first kappa shape index (κ1) is 17.4. The van der Waals surface area contributed by atoms with Gasteiger partial charge < -0.3 is 20.3 Å². The molecule has 2 heterocycles. The summed E-state index contributed by atoms with van der Waals surface area (Å²) >= 11 is 7.29. The zero-order valence-electron chi connectivity index (χ0n) is 13.9. The summed E-state index contributed by atoms with van der Waals surface area (Å²) in [6.07, 6.45) is 0. The summed E-state index contributed by atoms with van der Waals surface area (Å²) < 4.78 is 5.51. The van der Waals surface area contributed by atoms with Crippen molar-refractivity contribution in [2.24, 2.45) is 0 Å². The van der Waals surface area contributed by atoms with Crippen molar-refractivity contribution in [3.8, 4) is 0 Å². The maximum Gasteiger partial charge on any atom is 0.171 e. The van der Waals surface area contributed by atoms with Crippen LogP contribution in [0.5, 0.6) is 0 Å². The number of rotatable bonds is 5. The van der Waals surface area contributed by atoms with Gasteiger partial charge in [0.25, 0.3) is 0 Å². The smallest absolute Gasteiger partial charge is 0.171 e. The summed E-state index contributed by atoms with van der Waals surface area (Å²) in [6, 6.07) is 13.0. The molecule has 0 unspecified atom stereocenters. The third-order valence-electron chi connectivity index (χ3n) is 4.26. The van der Waals surface area contributed by atoms with Gasteiger partial charge in [-0.1, -0.05) is 18.2 Å². The normalized spacial score (nSPS) is 16.5. The van der Waals surface area contributed by atoms with E-state index in [2.05, 4.69) is 47.2 Å². The van der Waals surface area contributed by atoms with Crippen LogP contribution in [-0.4, -0.2) is 38.0 Å². The lowest BCUT2D eigenvalue weighted by Crippen LogP contribution is -3.15. The van der Waals surface area contributed by atoms with Gasteiger partial charge in [-0.15, -0.1) is 11.3 Å². The SMILES string of the molecule is Cc1cccc(NC(=S)NC[C@@H](c2cccs2)[NH+]2CCOCC2)c1. The van der Waals surface area contributed by atoms with Gasteiger partial charge in [-0.2, -0.15) is 0 Å². The van der Waals surface area contributed by atoms with Crippen molar-refractivity contribution in [3.05, 3.63) is 52.2 Å². The van der Waals surface area contributed by atoms with Crippen molar-refractivity contribution in [1.82, 2.24) is 5.32 Å². The van der Waals surface area contributed by atoms with Crippen LogP contribution in [0.3, 0.4) is 0 Å². The lowest BCUT2D eigenvalue weighted by molar-refractivity contribution is -0.937. The zero-order chi connectivity index (χ0) is 16.8. The molecule has 0 amide bonds. The molecule has 2 aromatic rings. The predicted octanol–water partition coefficient (Wildman–Crippen LogP) is 2.00. The molecule has 1 aliphatic rings. The van der Waals surface area contributed by atoms with Crippen LogP contribution in [0.25, 0.3) is 0 Å². The highest BCUT2D eigenvalue weighted by atomic mass is 32.1. The standard InChI is InChI=1S/C18H23N3OS2/c1-14-4-2-5-15(12-14)20-18(23)19-13-16(17-6-3-11-24-17)21-7-9-22-10-8-21/h2-6,11-12,16H,7-10,13H2,1H3,(H2,19,20,23)/p+1/t16-/m0/s1. The fraction of sp³-hybridized carbons (Fsp3) is 0.389. The third-order valence-corrected chi connectivity index (χ3v) is 5.49. The Morgan fingerprint density at radius 1 is 1.29 bits per heavy atom. The second kappa shape index (κ2) is 8.58. The lowest BCUT2D eigenvalue weighted by atomic mass is 10.2. The highest BCUT2D eigenvalue weighted by Crippen LogP contribution is 2.16. The number of thiophene rings is 1. The van der Waals surface area contributed by atoms with Crippen LogP contribution >= 0.6 is 23.6 Å². The Morgan fingerprint density at radius 2 is 2.12 bits per heavy atom. The number of anilines is 1. The van der Waals surface area contributed by atoms with Crippen molar-refractivity contribution in [3.63, 3.8) is 0 Å². The summed E-state index contributed by atoms with van der Waals surface area (Å²) in [5, 5.41) is 9.50. The molecule has 24 heavy (non-hydrogen) atoms. The Hall–Kier alpha value is -1.47. The van der Waals surface area contributed by atoms with Crippen LogP contribution in [0.2, 0.25) is 0 Å². The highest BCUT2D eigenvalue weighted by Gasteiger charge is 2.27. The summed E-state index contributed by atoms with van der Waals surface area (Å²) in [4.78, 5) is 2.97. The van der Waals surface area contributed by atoms with Crippen LogP contribution in [0.1, 0.15) is 16.5 Å². The van der Waals surface area contributed by atoms with E-state index in [0.717, 1.165) is 38.5 Å². The van der Waals surface area contributed by atoms with Crippen molar-refractivity contribution in [1.29, 1.82) is 0 Å². The van der Waals surface area contributed by atoms with Gasteiger partial charge >= 0.3 is 0 Å². The number of morpholine rings is 1. The van der Waals surface area contributed by atoms with Crippen LogP contribution < -0.4 is 15.5 Å². The molecule has 0 bridgehead atoms. The van der Waals surface area contributed by atoms with Gasteiger partial charge in [0.15, 0.2) is 5.11 Å². The molecular weight excluding hydrogens is 338 g/mol. The number of quaternary nitrogens is 1. The van der Waals surface area contributed by atoms with E-state index in [4.69, 9.17) is 17.0 Å². The third kappa shape index (κ3) is 4.77. The second-order valence-electron chi connectivity index (χ2n) is 6.04. The molecule has 1 aliphatic heterocycles. The number of ether oxygens (including phenoxy) is 1. The van der Waals surface area contributed by atoms with Crippen LogP contribution in [0.15, 0.2) is 41.8 Å². The molecule has 1 fully saturated rings. The summed E-state index contributed by atoms with van der Waals surface area (Å²) in [6.45, 7) is 6.67. The van der Waals surface area contributed by atoms with E-state index in [0.29, 0.717) is 11.2 Å². The minimum absolute atomic E-state index is 0.408. The van der Waals surface area contributed by atoms with Crippen LogP contribution in [0, 0.1) is 6.92 Å². The maximum atomic E-state index is 5.51. The Labute approximate surface area is 152 Å². The van der Waals surface area contributed by atoms with Crippen LogP contribution in [0.4, 0.5) is 5.69 Å². The van der Waals surface area contributed by atoms with Gasteiger partial charge in [-0.3, -0.25) is 0 Å². The van der Waals surface area contributed by atoms with Gasteiger partial charge in [0.1, 0.15) is 19.1 Å². The average Bonchev–Trinajstić information content (AvgIpc) is 3.10. The monoisotopic (exact) mass is 362 g/mol. The van der Waals surface area contributed by atoms with Crippen molar-refractivity contribution >= 4 is 34.4 Å². The molecule has 0 radical (unpaired) electrons. The maximum absolute atomic E-state index is 5.51. The molecule has 1 atom stereocenters. The minimum atomic E-state index is 0.408. The van der Waals surface area contributed by atoms with E-state index in [1.54, 1.807) is 4.90 Å². The number of thiocarbonyl (C=S) groups is 1. The average molecular weight is 363 g/mol. The molecule has 0 spiro atoms. The second-order valence-corrected chi connectivity index (χ2v) is 7.43. The number of hydrogen-bond acceptors (Lipinski definition) is 3. The molecule has 0 saturated carbocycles. The Morgan fingerprint density at radius 3 is 2.83 bits per heavy atom. The summed E-state index contributed by atoms with van der Waals surface area (Å²) in [7, 11) is 0. The quantitative estimate of drug-likeness (QED) is 0.712. The van der Waals surface area contributed by atoms with E-state index >= 15 is 0 Å². The molecule has 128 valence electrons. The van der Waals surface area contributed by atoms with E-state index < -0.39 is 0 Å². The first-order chi connectivity index (χ1) is 11.7. The molecule has 1 aromatic carbocycles. The molecular formula is C18H24N3OS2+. The van der Waals surface area contributed by atoms with Crippen molar-refractivity contribution in [2.45, 2.75) is 13.0 Å². The number of hydrogen-bond donors (Lipinski definition) is 3. The largest absolute Gasteiger partial charge is 0.370 e. The van der Waals surface area contributed by atoms with E-state index in [9.17, 15) is 0 Å². The van der Waals surface area contributed by atoms with Gasteiger partial charge in [0, 0.05) is 5.69 Å². The fourth-order valence-corrected chi connectivity index (χ4v) is 4.10. The summed E-state index contributed by atoms with van der Waals surface area (Å²) in [5.74, 6) is 0. The number of nitrogens with one attached hydrogen (secondary N) is 3. The van der Waals surface area contributed by atoms with E-state index in [1.807, 2.05) is 23.5 Å². The molecule has 6 heteroatoms. The molecule has 0 aliphatic carbocycles. The van der Waals surface area contributed by atoms with Gasteiger partial charge in [0.2, 0.25) is 0 Å². The van der Waals surface area contributed by atoms with Gasteiger partial charge in [-0.25, -0.2) is 0 Å². The Bertz CT molecular complexity index is 654. The number of aryl methyl sites for hydroxylation is 1.